The molecule has 0 spiro atoms. The van der Waals surface area contributed by atoms with E-state index >= 15 is 0 Å². The predicted octanol–water partition coefficient (Wildman–Crippen LogP) is 0.384. The molecule has 1 atom stereocenters. The number of benzene rings is 1. The van der Waals surface area contributed by atoms with Crippen LogP contribution in [0, 0.1) is 0 Å². The summed E-state index contributed by atoms with van der Waals surface area (Å²) in [5.74, 6) is 0.320. The van der Waals surface area contributed by atoms with Crippen LogP contribution < -0.4 is 16.0 Å². The second-order valence-electron chi connectivity index (χ2n) is 5.53. The summed E-state index contributed by atoms with van der Waals surface area (Å²) in [4.78, 5) is 38.4. The molecule has 1 aliphatic rings. The zero-order valence-corrected chi connectivity index (χ0v) is 13.3. The lowest BCUT2D eigenvalue weighted by Gasteiger charge is -2.07. The molecule has 0 radical (unpaired) electrons. The van der Waals surface area contributed by atoms with Gasteiger partial charge in [-0.05, 0) is 6.42 Å². The Morgan fingerprint density at radius 3 is 2.76 bits per heavy atom. The van der Waals surface area contributed by atoms with E-state index in [-0.39, 0.29) is 18.7 Å². The van der Waals surface area contributed by atoms with Crippen molar-refractivity contribution in [2.24, 2.45) is 0 Å². The molecule has 0 aliphatic carbocycles. The number of nitrogens with zero attached hydrogens (tertiary/aromatic N) is 2. The van der Waals surface area contributed by atoms with Gasteiger partial charge in [0.2, 0.25) is 17.6 Å². The van der Waals surface area contributed by atoms with Gasteiger partial charge in [-0.2, -0.15) is 4.98 Å². The highest BCUT2D eigenvalue weighted by molar-refractivity contribution is 6.04. The predicted molar refractivity (Wildman–Crippen MR) is 86.1 cm³/mol. The van der Waals surface area contributed by atoms with Crippen molar-refractivity contribution in [2.45, 2.75) is 25.3 Å². The summed E-state index contributed by atoms with van der Waals surface area (Å²) >= 11 is 0. The van der Waals surface area contributed by atoms with E-state index < -0.39 is 18.0 Å². The second-order valence-corrected chi connectivity index (χ2v) is 5.53. The van der Waals surface area contributed by atoms with Gasteiger partial charge in [-0.3, -0.25) is 14.9 Å². The van der Waals surface area contributed by atoms with Crippen molar-refractivity contribution in [1.82, 2.24) is 26.1 Å². The Morgan fingerprint density at radius 2 is 2.04 bits per heavy atom. The number of hydrogen-bond donors (Lipinski definition) is 3. The number of imide groups is 1. The first kappa shape index (κ1) is 16.6. The maximum Gasteiger partial charge on any atom is 0.322 e. The average molecular weight is 343 g/mol. The van der Waals surface area contributed by atoms with Crippen molar-refractivity contribution in [1.29, 1.82) is 0 Å². The van der Waals surface area contributed by atoms with Gasteiger partial charge in [0.15, 0.2) is 0 Å². The third-order valence-corrected chi connectivity index (χ3v) is 3.68. The fraction of sp³-hybridized carbons (Fsp3) is 0.312. The first-order valence-corrected chi connectivity index (χ1v) is 7.88. The summed E-state index contributed by atoms with van der Waals surface area (Å²) < 4.78 is 5.16. The molecule has 1 fully saturated rings. The Hall–Kier alpha value is -3.23. The maximum atomic E-state index is 11.8. The number of aromatic nitrogens is 2. The molecule has 3 rings (SSSR count). The molecule has 25 heavy (non-hydrogen) atoms. The van der Waals surface area contributed by atoms with Crippen molar-refractivity contribution in [3.8, 4) is 11.4 Å². The zero-order chi connectivity index (χ0) is 17.6. The number of nitrogens with one attached hydrogen (secondary N) is 3. The van der Waals surface area contributed by atoms with Gasteiger partial charge in [0.1, 0.15) is 6.04 Å². The van der Waals surface area contributed by atoms with Gasteiger partial charge in [-0.1, -0.05) is 35.5 Å². The van der Waals surface area contributed by atoms with Crippen LogP contribution in [0.25, 0.3) is 11.4 Å². The lowest BCUT2D eigenvalue weighted by atomic mass is 10.1. The average Bonchev–Trinajstić information content (AvgIpc) is 3.20. The Bertz CT molecular complexity index is 774. The molecule has 1 aliphatic heterocycles. The van der Waals surface area contributed by atoms with Crippen molar-refractivity contribution in [3.63, 3.8) is 0 Å². The van der Waals surface area contributed by atoms with E-state index in [0.717, 1.165) is 5.56 Å². The summed E-state index contributed by atoms with van der Waals surface area (Å²) in [6, 6.07) is 8.27. The number of rotatable bonds is 7. The van der Waals surface area contributed by atoms with Crippen LogP contribution in [0.5, 0.6) is 0 Å². The molecule has 4 amide bonds. The Kier molecular flexibility index (Phi) is 5.03. The normalized spacial score (nSPS) is 16.4. The third-order valence-electron chi connectivity index (χ3n) is 3.68. The minimum Gasteiger partial charge on any atom is -0.356 e. The van der Waals surface area contributed by atoms with Crippen molar-refractivity contribution < 1.29 is 18.9 Å². The number of carbonyl (C=O) groups is 3. The van der Waals surface area contributed by atoms with Gasteiger partial charge in [0, 0.05) is 24.9 Å². The second kappa shape index (κ2) is 7.56. The van der Waals surface area contributed by atoms with Crippen LogP contribution in [0.2, 0.25) is 0 Å². The zero-order valence-electron chi connectivity index (χ0n) is 13.3. The number of hydrogen-bond acceptors (Lipinski definition) is 6. The maximum absolute atomic E-state index is 11.8. The molecular formula is C16H17N5O4. The van der Waals surface area contributed by atoms with E-state index in [0.29, 0.717) is 24.7 Å². The van der Waals surface area contributed by atoms with Gasteiger partial charge in [-0.15, -0.1) is 0 Å². The first-order valence-electron chi connectivity index (χ1n) is 7.88. The van der Waals surface area contributed by atoms with E-state index in [2.05, 4.69) is 26.1 Å². The van der Waals surface area contributed by atoms with Crippen LogP contribution in [-0.4, -0.2) is 40.6 Å². The van der Waals surface area contributed by atoms with Crippen molar-refractivity contribution >= 4 is 17.8 Å². The highest BCUT2D eigenvalue weighted by atomic mass is 16.5. The third kappa shape index (κ3) is 4.40. The minimum atomic E-state index is -0.650. The van der Waals surface area contributed by atoms with Crippen LogP contribution in [0.1, 0.15) is 18.7 Å². The summed E-state index contributed by atoms with van der Waals surface area (Å²) in [6.45, 7) is 0.346. The van der Waals surface area contributed by atoms with Crippen molar-refractivity contribution in [2.75, 3.05) is 6.54 Å². The molecule has 0 unspecified atom stereocenters. The Balaban J connectivity index is 1.39. The van der Waals surface area contributed by atoms with E-state index in [1.165, 1.54) is 0 Å². The van der Waals surface area contributed by atoms with E-state index in [1.54, 1.807) is 0 Å². The quantitative estimate of drug-likeness (QED) is 0.624. The highest BCUT2D eigenvalue weighted by Gasteiger charge is 2.29. The first-order chi connectivity index (χ1) is 12.1. The molecule has 130 valence electrons. The molecule has 9 nitrogen and oxygen atoms in total. The van der Waals surface area contributed by atoms with Gasteiger partial charge in [0.25, 0.3) is 5.91 Å². The van der Waals surface area contributed by atoms with Crippen LogP contribution in [0.4, 0.5) is 4.79 Å². The SMILES string of the molecule is O=C(CC[C@@H]1NC(=O)NC1=O)NCCc1nc(-c2ccccc2)no1. The molecule has 0 bridgehead atoms. The van der Waals surface area contributed by atoms with E-state index in [4.69, 9.17) is 4.52 Å². The van der Waals surface area contributed by atoms with Crippen LogP contribution >= 0.6 is 0 Å². The number of urea groups is 1. The smallest absolute Gasteiger partial charge is 0.322 e. The fourth-order valence-electron chi connectivity index (χ4n) is 2.40. The standard InChI is InChI=1S/C16H17N5O4/c22-12(7-6-11-15(23)20-16(24)18-11)17-9-8-13-19-14(21-25-13)10-4-2-1-3-5-10/h1-5,11H,6-9H2,(H,17,22)(H2,18,20,23,24)/t11-/m0/s1. The van der Waals surface area contributed by atoms with Crippen LogP contribution in [0.3, 0.4) is 0 Å². The monoisotopic (exact) mass is 343 g/mol. The Morgan fingerprint density at radius 1 is 1.24 bits per heavy atom. The molecule has 0 saturated carbocycles. The Labute approximate surface area is 143 Å². The molecule has 2 heterocycles. The molecule has 1 aromatic heterocycles. The molecule has 1 saturated heterocycles. The molecule has 1 aromatic carbocycles. The summed E-state index contributed by atoms with van der Waals surface area (Å²) in [7, 11) is 0. The number of amides is 4. The van der Waals surface area contributed by atoms with Gasteiger partial charge in [-0.25, -0.2) is 4.79 Å². The molecule has 9 heteroatoms. The lowest BCUT2D eigenvalue weighted by molar-refractivity contribution is -0.122. The summed E-state index contributed by atoms with van der Waals surface area (Å²) in [6.07, 6.45) is 0.797. The molecule has 3 N–H and O–H groups in total. The summed E-state index contributed by atoms with van der Waals surface area (Å²) in [5, 5.41) is 11.2. The van der Waals surface area contributed by atoms with E-state index in [1.807, 2.05) is 30.3 Å². The van der Waals surface area contributed by atoms with Gasteiger partial charge in [0.05, 0.1) is 0 Å². The van der Waals surface area contributed by atoms with Crippen LogP contribution in [0.15, 0.2) is 34.9 Å². The topological polar surface area (TPSA) is 126 Å². The fourth-order valence-corrected chi connectivity index (χ4v) is 2.40. The molecule has 2 aromatic rings. The van der Waals surface area contributed by atoms with Crippen molar-refractivity contribution in [3.05, 3.63) is 36.2 Å². The number of carbonyl (C=O) groups excluding carboxylic acids is 3. The molecular weight excluding hydrogens is 326 g/mol. The largest absolute Gasteiger partial charge is 0.356 e. The van der Waals surface area contributed by atoms with Gasteiger partial charge >= 0.3 is 6.03 Å². The summed E-state index contributed by atoms with van der Waals surface area (Å²) in [5.41, 5.74) is 0.860. The lowest BCUT2D eigenvalue weighted by Crippen LogP contribution is -2.32. The minimum absolute atomic E-state index is 0.136. The highest BCUT2D eigenvalue weighted by Crippen LogP contribution is 2.14. The van der Waals surface area contributed by atoms with Crippen LogP contribution in [-0.2, 0) is 16.0 Å². The van der Waals surface area contributed by atoms with Gasteiger partial charge < -0.3 is 15.2 Å². The van der Waals surface area contributed by atoms with E-state index in [9.17, 15) is 14.4 Å².